The highest BCUT2D eigenvalue weighted by Gasteiger charge is 1.98. The second kappa shape index (κ2) is 6.42. The first kappa shape index (κ1) is 12.1. The highest BCUT2D eigenvalue weighted by atomic mass is 16.5. The summed E-state index contributed by atoms with van der Waals surface area (Å²) in [6.45, 7) is 1.48. The second-order valence-corrected chi connectivity index (χ2v) is 3.69. The Morgan fingerprint density at radius 3 is 2.72 bits per heavy atom. The van der Waals surface area contributed by atoms with Crippen molar-refractivity contribution < 1.29 is 9.26 Å². The van der Waals surface area contributed by atoms with Crippen molar-refractivity contribution in [2.75, 3.05) is 6.61 Å². The van der Waals surface area contributed by atoms with Crippen molar-refractivity contribution in [3.05, 3.63) is 47.9 Å². The molecule has 0 aliphatic rings. The standard InChI is InChI=1S/C13H13N3O2/c14-6-8-17-13-3-1-11(2-4-13)9-15-10-12-5-7-18-16-12/h1-5,7,15H,8-10H2. The first-order valence-corrected chi connectivity index (χ1v) is 5.57. The molecule has 1 heterocycles. The third kappa shape index (κ3) is 3.61. The van der Waals surface area contributed by atoms with Crippen LogP contribution in [0.25, 0.3) is 0 Å². The van der Waals surface area contributed by atoms with Gasteiger partial charge in [-0.15, -0.1) is 0 Å². The predicted molar refractivity (Wildman–Crippen MR) is 64.6 cm³/mol. The Hall–Kier alpha value is -2.32. The van der Waals surface area contributed by atoms with Crippen LogP contribution in [0.5, 0.6) is 5.75 Å². The van der Waals surface area contributed by atoms with Crippen LogP contribution in [0.1, 0.15) is 11.3 Å². The number of aromatic nitrogens is 1. The van der Waals surface area contributed by atoms with Crippen LogP contribution in [0.2, 0.25) is 0 Å². The number of hydrogen-bond acceptors (Lipinski definition) is 5. The average Bonchev–Trinajstić information content (AvgIpc) is 2.91. The zero-order valence-electron chi connectivity index (χ0n) is 9.80. The molecule has 0 spiro atoms. The zero-order chi connectivity index (χ0) is 12.6. The quantitative estimate of drug-likeness (QED) is 0.838. The highest BCUT2D eigenvalue weighted by molar-refractivity contribution is 5.27. The molecule has 0 bridgehead atoms. The molecule has 1 N–H and O–H groups in total. The molecule has 0 saturated carbocycles. The van der Waals surface area contributed by atoms with Crippen LogP contribution in [0.4, 0.5) is 0 Å². The van der Waals surface area contributed by atoms with E-state index in [1.807, 2.05) is 36.4 Å². The van der Waals surface area contributed by atoms with Crippen molar-refractivity contribution in [1.29, 1.82) is 5.26 Å². The molecule has 0 amide bonds. The van der Waals surface area contributed by atoms with E-state index in [1.165, 1.54) is 0 Å². The smallest absolute Gasteiger partial charge is 0.174 e. The molecule has 2 rings (SSSR count). The minimum atomic E-state index is 0.0732. The van der Waals surface area contributed by atoms with Gasteiger partial charge in [0.25, 0.3) is 0 Å². The number of nitrogens with zero attached hydrogens (tertiary/aromatic N) is 2. The van der Waals surface area contributed by atoms with E-state index in [-0.39, 0.29) is 6.61 Å². The first-order chi connectivity index (χ1) is 8.88. The summed E-state index contributed by atoms with van der Waals surface area (Å²) >= 11 is 0. The van der Waals surface area contributed by atoms with Gasteiger partial charge in [0.1, 0.15) is 18.1 Å². The van der Waals surface area contributed by atoms with Crippen molar-refractivity contribution in [1.82, 2.24) is 10.5 Å². The average molecular weight is 243 g/mol. The number of rotatable bonds is 6. The van der Waals surface area contributed by atoms with Gasteiger partial charge in [-0.05, 0) is 17.7 Å². The van der Waals surface area contributed by atoms with Crippen molar-refractivity contribution in [2.45, 2.75) is 13.1 Å². The molecule has 18 heavy (non-hydrogen) atoms. The summed E-state index contributed by atoms with van der Waals surface area (Å²) in [5, 5.41) is 15.4. The van der Waals surface area contributed by atoms with E-state index in [0.29, 0.717) is 12.3 Å². The fourth-order valence-corrected chi connectivity index (χ4v) is 1.48. The molecule has 1 aromatic heterocycles. The number of benzene rings is 1. The maximum Gasteiger partial charge on any atom is 0.174 e. The Morgan fingerprint density at radius 1 is 1.22 bits per heavy atom. The fourth-order valence-electron chi connectivity index (χ4n) is 1.48. The van der Waals surface area contributed by atoms with Crippen LogP contribution in [0.3, 0.4) is 0 Å². The van der Waals surface area contributed by atoms with Gasteiger partial charge in [-0.1, -0.05) is 17.3 Å². The maximum atomic E-state index is 8.39. The maximum absolute atomic E-state index is 8.39. The van der Waals surface area contributed by atoms with Crippen LogP contribution in [-0.4, -0.2) is 11.8 Å². The summed E-state index contributed by atoms with van der Waals surface area (Å²) in [4.78, 5) is 0. The summed E-state index contributed by atoms with van der Waals surface area (Å²) < 4.78 is 9.91. The van der Waals surface area contributed by atoms with Gasteiger partial charge >= 0.3 is 0 Å². The van der Waals surface area contributed by atoms with Crippen LogP contribution < -0.4 is 10.1 Å². The van der Waals surface area contributed by atoms with E-state index in [0.717, 1.165) is 17.8 Å². The van der Waals surface area contributed by atoms with Gasteiger partial charge in [-0.3, -0.25) is 0 Å². The monoisotopic (exact) mass is 243 g/mol. The van der Waals surface area contributed by atoms with Crippen molar-refractivity contribution in [3.63, 3.8) is 0 Å². The molecule has 0 saturated heterocycles. The molecule has 0 aliphatic heterocycles. The summed E-state index contributed by atoms with van der Waals surface area (Å²) in [7, 11) is 0. The van der Waals surface area contributed by atoms with Gasteiger partial charge in [0.2, 0.25) is 0 Å². The lowest BCUT2D eigenvalue weighted by Crippen LogP contribution is -2.12. The number of ether oxygens (including phenoxy) is 1. The Morgan fingerprint density at radius 2 is 2.06 bits per heavy atom. The number of nitriles is 1. The molecule has 0 aliphatic carbocycles. The van der Waals surface area contributed by atoms with Crippen molar-refractivity contribution >= 4 is 0 Å². The molecule has 0 radical (unpaired) electrons. The van der Waals surface area contributed by atoms with Crippen LogP contribution in [-0.2, 0) is 13.1 Å². The number of nitrogens with one attached hydrogen (secondary N) is 1. The Kier molecular flexibility index (Phi) is 4.33. The summed E-state index contributed by atoms with van der Waals surface area (Å²) in [5.74, 6) is 0.705. The molecule has 0 unspecified atom stereocenters. The topological polar surface area (TPSA) is 71.1 Å². The summed E-state index contributed by atoms with van der Waals surface area (Å²) in [6.07, 6.45) is 1.55. The summed E-state index contributed by atoms with van der Waals surface area (Å²) in [5.41, 5.74) is 2.02. The van der Waals surface area contributed by atoms with E-state index in [2.05, 4.69) is 10.5 Å². The molecule has 5 heteroatoms. The second-order valence-electron chi connectivity index (χ2n) is 3.69. The molecule has 0 fully saturated rings. The normalized spacial score (nSPS) is 9.94. The fraction of sp³-hybridized carbons (Fsp3) is 0.231. The van der Waals surface area contributed by atoms with Crippen LogP contribution in [0.15, 0.2) is 41.1 Å². The molecular weight excluding hydrogens is 230 g/mol. The molecule has 5 nitrogen and oxygen atoms in total. The zero-order valence-corrected chi connectivity index (χ0v) is 9.80. The SMILES string of the molecule is N#CCOc1ccc(CNCc2ccon2)cc1. The van der Waals surface area contributed by atoms with Gasteiger partial charge < -0.3 is 14.6 Å². The van der Waals surface area contributed by atoms with E-state index < -0.39 is 0 Å². The van der Waals surface area contributed by atoms with E-state index in [4.69, 9.17) is 14.5 Å². The lowest BCUT2D eigenvalue weighted by atomic mass is 10.2. The molecule has 0 atom stereocenters. The molecule has 2 aromatic rings. The Labute approximate surface area is 105 Å². The van der Waals surface area contributed by atoms with E-state index in [9.17, 15) is 0 Å². The summed E-state index contributed by atoms with van der Waals surface area (Å²) in [6, 6.07) is 11.4. The van der Waals surface area contributed by atoms with Gasteiger partial charge in [0.05, 0.1) is 5.69 Å². The Bertz CT molecular complexity index is 500. The predicted octanol–water partition coefficient (Wildman–Crippen LogP) is 1.87. The van der Waals surface area contributed by atoms with Crippen molar-refractivity contribution in [2.24, 2.45) is 0 Å². The first-order valence-electron chi connectivity index (χ1n) is 5.57. The van der Waals surface area contributed by atoms with E-state index in [1.54, 1.807) is 6.26 Å². The van der Waals surface area contributed by atoms with Crippen LogP contribution in [0, 0.1) is 11.3 Å². The minimum absolute atomic E-state index is 0.0732. The lowest BCUT2D eigenvalue weighted by molar-refractivity contribution is 0.368. The van der Waals surface area contributed by atoms with Gasteiger partial charge in [-0.25, -0.2) is 0 Å². The van der Waals surface area contributed by atoms with E-state index >= 15 is 0 Å². The number of hydrogen-bond donors (Lipinski definition) is 1. The molecular formula is C13H13N3O2. The van der Waals surface area contributed by atoms with Crippen LogP contribution >= 0.6 is 0 Å². The highest BCUT2D eigenvalue weighted by Crippen LogP contribution is 2.11. The van der Waals surface area contributed by atoms with Gasteiger partial charge in [-0.2, -0.15) is 5.26 Å². The Balaban J connectivity index is 1.78. The third-order valence-electron chi connectivity index (χ3n) is 2.35. The minimum Gasteiger partial charge on any atom is -0.479 e. The third-order valence-corrected chi connectivity index (χ3v) is 2.35. The largest absolute Gasteiger partial charge is 0.479 e. The van der Waals surface area contributed by atoms with Gasteiger partial charge in [0, 0.05) is 19.2 Å². The molecule has 92 valence electrons. The lowest BCUT2D eigenvalue weighted by Gasteiger charge is -2.05. The van der Waals surface area contributed by atoms with Gasteiger partial charge in [0.15, 0.2) is 6.61 Å². The molecule has 1 aromatic carbocycles. The van der Waals surface area contributed by atoms with Crippen molar-refractivity contribution in [3.8, 4) is 11.8 Å².